The van der Waals surface area contributed by atoms with E-state index in [-0.39, 0.29) is 0 Å². The number of hydrogen-bond acceptors (Lipinski definition) is 3. The number of thiophene rings is 1. The molecule has 1 aromatic carbocycles. The highest BCUT2D eigenvalue weighted by atomic mass is 79.9. The van der Waals surface area contributed by atoms with E-state index in [1.165, 1.54) is 16.9 Å². The van der Waals surface area contributed by atoms with Crippen molar-refractivity contribution in [3.63, 3.8) is 0 Å². The molecule has 1 heterocycles. The van der Waals surface area contributed by atoms with E-state index in [1.54, 1.807) is 18.2 Å². The first-order valence-electron chi connectivity index (χ1n) is 5.80. The summed E-state index contributed by atoms with van der Waals surface area (Å²) in [4.78, 5) is 0. The summed E-state index contributed by atoms with van der Waals surface area (Å²) in [5.41, 5.74) is 2.68. The van der Waals surface area contributed by atoms with E-state index < -0.39 is 10.0 Å². The van der Waals surface area contributed by atoms with Crippen molar-refractivity contribution >= 4 is 43.0 Å². The molecule has 0 saturated heterocycles. The van der Waals surface area contributed by atoms with Crippen molar-refractivity contribution in [2.24, 2.45) is 0 Å². The predicted octanol–water partition coefficient (Wildman–Crippen LogP) is 4.18. The van der Waals surface area contributed by atoms with Crippen molar-refractivity contribution in [3.05, 3.63) is 45.2 Å². The molecule has 0 saturated carbocycles. The summed E-state index contributed by atoms with van der Waals surface area (Å²) in [5, 5.41) is 0. The molecule has 1 N–H and O–H groups in total. The van der Waals surface area contributed by atoms with Crippen molar-refractivity contribution in [3.8, 4) is 0 Å². The Hall–Kier alpha value is -0.850. The Kier molecular flexibility index (Phi) is 4.32. The smallest absolute Gasteiger partial charge is 0.271 e. The van der Waals surface area contributed by atoms with Gasteiger partial charge in [0.1, 0.15) is 4.21 Å². The van der Waals surface area contributed by atoms with Gasteiger partial charge >= 0.3 is 0 Å². The van der Waals surface area contributed by atoms with Gasteiger partial charge in [-0.1, -0.05) is 19.1 Å². The van der Waals surface area contributed by atoms with Crippen molar-refractivity contribution in [2.75, 3.05) is 4.72 Å². The van der Waals surface area contributed by atoms with E-state index >= 15 is 0 Å². The Labute approximate surface area is 125 Å². The van der Waals surface area contributed by atoms with Crippen LogP contribution >= 0.6 is 27.3 Å². The van der Waals surface area contributed by atoms with Gasteiger partial charge in [-0.2, -0.15) is 0 Å². The maximum atomic E-state index is 12.2. The lowest BCUT2D eigenvalue weighted by Crippen LogP contribution is -2.11. The van der Waals surface area contributed by atoms with Gasteiger partial charge < -0.3 is 0 Å². The third kappa shape index (κ3) is 3.38. The van der Waals surface area contributed by atoms with E-state index in [0.29, 0.717) is 9.90 Å². The summed E-state index contributed by atoms with van der Waals surface area (Å²) >= 11 is 4.55. The molecule has 0 aliphatic rings. The van der Waals surface area contributed by atoms with Crippen molar-refractivity contribution in [1.82, 2.24) is 0 Å². The second-order valence-electron chi connectivity index (χ2n) is 4.18. The number of anilines is 1. The minimum atomic E-state index is -3.50. The van der Waals surface area contributed by atoms with Crippen molar-refractivity contribution in [2.45, 2.75) is 24.5 Å². The van der Waals surface area contributed by atoms with Crippen LogP contribution in [0.15, 0.2) is 38.3 Å². The van der Waals surface area contributed by atoms with Crippen LogP contribution in [-0.4, -0.2) is 8.42 Å². The fraction of sp³-hybridized carbons (Fsp3) is 0.231. The van der Waals surface area contributed by atoms with Crippen LogP contribution in [0, 0.1) is 6.92 Å². The summed E-state index contributed by atoms with van der Waals surface area (Å²) < 4.78 is 28.1. The number of sulfonamides is 1. The molecule has 3 nitrogen and oxygen atoms in total. The van der Waals surface area contributed by atoms with Gasteiger partial charge in [-0.05, 0) is 58.6 Å². The summed E-state index contributed by atoms with van der Waals surface area (Å²) in [6.07, 6.45) is 0.935. The second-order valence-corrected chi connectivity index (χ2v) is 8.46. The molecule has 2 rings (SSSR count). The fourth-order valence-electron chi connectivity index (χ4n) is 1.58. The van der Waals surface area contributed by atoms with E-state index in [4.69, 9.17) is 0 Å². The van der Waals surface area contributed by atoms with Crippen LogP contribution in [0.5, 0.6) is 0 Å². The molecule has 19 heavy (non-hydrogen) atoms. The lowest BCUT2D eigenvalue weighted by atomic mass is 10.2. The number of hydrogen-bond donors (Lipinski definition) is 1. The van der Waals surface area contributed by atoms with E-state index in [9.17, 15) is 8.42 Å². The van der Waals surface area contributed by atoms with Crippen LogP contribution in [0.25, 0.3) is 0 Å². The first-order valence-corrected chi connectivity index (χ1v) is 8.89. The SMILES string of the molecule is CCc1ccc(NS(=O)(=O)c2cc(C)c(Br)s2)cc1. The van der Waals surface area contributed by atoms with Gasteiger partial charge in [0.25, 0.3) is 10.0 Å². The highest BCUT2D eigenvalue weighted by Crippen LogP contribution is 2.31. The largest absolute Gasteiger partial charge is 0.279 e. The van der Waals surface area contributed by atoms with Gasteiger partial charge in [0.2, 0.25) is 0 Å². The molecule has 0 bridgehead atoms. The Morgan fingerprint density at radius 2 is 1.89 bits per heavy atom. The first-order chi connectivity index (χ1) is 8.92. The number of rotatable bonds is 4. The van der Waals surface area contributed by atoms with Crippen LogP contribution in [-0.2, 0) is 16.4 Å². The summed E-state index contributed by atoms with van der Waals surface area (Å²) in [6, 6.07) is 9.08. The summed E-state index contributed by atoms with van der Waals surface area (Å²) in [7, 11) is -3.50. The molecule has 0 amide bonds. The molecule has 0 radical (unpaired) electrons. The molecule has 0 unspecified atom stereocenters. The lowest BCUT2D eigenvalue weighted by Gasteiger charge is -2.06. The average molecular weight is 360 g/mol. The van der Waals surface area contributed by atoms with Gasteiger partial charge in [0.05, 0.1) is 3.79 Å². The normalized spacial score (nSPS) is 11.5. The molecule has 102 valence electrons. The molecule has 6 heteroatoms. The Morgan fingerprint density at radius 3 is 2.37 bits per heavy atom. The first kappa shape index (κ1) is 14.6. The average Bonchev–Trinajstić information content (AvgIpc) is 2.71. The van der Waals surface area contributed by atoms with Crippen LogP contribution in [0.2, 0.25) is 0 Å². The predicted molar refractivity (Wildman–Crippen MR) is 83.4 cm³/mol. The molecule has 0 spiro atoms. The molecular formula is C13H14BrNO2S2. The molecular weight excluding hydrogens is 346 g/mol. The zero-order valence-corrected chi connectivity index (χ0v) is 13.8. The molecule has 0 fully saturated rings. The van der Waals surface area contributed by atoms with Gasteiger partial charge in [0, 0.05) is 5.69 Å². The van der Waals surface area contributed by atoms with Crippen molar-refractivity contribution in [1.29, 1.82) is 0 Å². The van der Waals surface area contributed by atoms with E-state index in [0.717, 1.165) is 15.8 Å². The van der Waals surface area contributed by atoms with Crippen LogP contribution in [0.3, 0.4) is 0 Å². The zero-order valence-electron chi connectivity index (χ0n) is 10.6. The molecule has 0 aliphatic heterocycles. The topological polar surface area (TPSA) is 46.2 Å². The minimum Gasteiger partial charge on any atom is -0.279 e. The monoisotopic (exact) mass is 359 g/mol. The molecule has 0 aliphatic carbocycles. The zero-order chi connectivity index (χ0) is 14.0. The maximum Gasteiger partial charge on any atom is 0.271 e. The Morgan fingerprint density at radius 1 is 1.26 bits per heavy atom. The fourth-order valence-corrected chi connectivity index (χ4v) is 4.86. The summed E-state index contributed by atoms with van der Waals surface area (Å²) in [5.74, 6) is 0. The van der Waals surface area contributed by atoms with E-state index in [1.807, 2.05) is 19.1 Å². The summed E-state index contributed by atoms with van der Waals surface area (Å²) in [6.45, 7) is 3.93. The lowest BCUT2D eigenvalue weighted by molar-refractivity contribution is 0.603. The van der Waals surface area contributed by atoms with Gasteiger partial charge in [0.15, 0.2) is 0 Å². The number of halogens is 1. The molecule has 1 aromatic heterocycles. The van der Waals surface area contributed by atoms with Gasteiger partial charge in [-0.15, -0.1) is 11.3 Å². The third-order valence-electron chi connectivity index (χ3n) is 2.71. The third-order valence-corrected chi connectivity index (χ3v) is 6.71. The standard InChI is InChI=1S/C13H14BrNO2S2/c1-3-10-4-6-11(7-5-10)15-19(16,17)12-8-9(2)13(14)18-12/h4-8,15H,3H2,1-2H3. The van der Waals surface area contributed by atoms with Gasteiger partial charge in [-0.25, -0.2) is 8.42 Å². The highest BCUT2D eigenvalue weighted by Gasteiger charge is 2.18. The van der Waals surface area contributed by atoms with Crippen molar-refractivity contribution < 1.29 is 8.42 Å². The second kappa shape index (κ2) is 5.64. The Balaban J connectivity index is 2.25. The van der Waals surface area contributed by atoms with Crippen LogP contribution in [0.1, 0.15) is 18.1 Å². The molecule has 2 aromatic rings. The van der Waals surface area contributed by atoms with Gasteiger partial charge in [-0.3, -0.25) is 4.72 Å². The minimum absolute atomic E-state index is 0.316. The maximum absolute atomic E-state index is 12.2. The molecule has 0 atom stereocenters. The number of benzene rings is 1. The van der Waals surface area contributed by atoms with Crippen LogP contribution in [0.4, 0.5) is 5.69 Å². The van der Waals surface area contributed by atoms with Crippen LogP contribution < -0.4 is 4.72 Å². The van der Waals surface area contributed by atoms with E-state index in [2.05, 4.69) is 27.6 Å². The quantitative estimate of drug-likeness (QED) is 0.889. The highest BCUT2D eigenvalue weighted by molar-refractivity contribution is 9.11. The number of aryl methyl sites for hydroxylation is 2. The Bertz CT molecular complexity index is 656. The number of nitrogens with one attached hydrogen (secondary N) is 1.